The normalized spacial score (nSPS) is 21.5. The molecule has 0 bridgehead atoms. The molecule has 2 fully saturated rings. The van der Waals surface area contributed by atoms with Gasteiger partial charge in [-0.3, -0.25) is 9.80 Å². The van der Waals surface area contributed by atoms with Gasteiger partial charge in [-0.05, 0) is 70.5 Å². The van der Waals surface area contributed by atoms with Crippen molar-refractivity contribution in [2.45, 2.75) is 58.4 Å². The van der Waals surface area contributed by atoms with Crippen molar-refractivity contribution in [2.24, 2.45) is 0 Å². The Hall–Kier alpha value is -2.57. The summed E-state index contributed by atoms with van der Waals surface area (Å²) in [6.45, 7) is 15.2. The fourth-order valence-electron chi connectivity index (χ4n) is 4.42. The Balaban J connectivity index is 0.000000201. The number of morpholine rings is 2. The van der Waals surface area contributed by atoms with Crippen LogP contribution in [0, 0.1) is 23.0 Å². The molecule has 0 aromatic heterocycles. The van der Waals surface area contributed by atoms with E-state index in [1.54, 1.807) is 6.07 Å². The molecule has 0 amide bonds. The maximum Gasteiger partial charge on any atom is 0.129 e. The monoisotopic (exact) mass is 500 g/mol. The molecule has 0 spiro atoms. The van der Waals surface area contributed by atoms with E-state index in [2.05, 4.69) is 50.5 Å². The molecule has 0 saturated carbocycles. The van der Waals surface area contributed by atoms with Gasteiger partial charge in [0.2, 0.25) is 0 Å². The topological polar surface area (TPSA) is 74.8 Å². The van der Waals surface area contributed by atoms with Crippen LogP contribution in [0.15, 0.2) is 36.4 Å². The number of ether oxygens (including phenoxy) is 2. The molecule has 36 heavy (non-hydrogen) atoms. The molecule has 4 rings (SSSR count). The van der Waals surface area contributed by atoms with Crippen molar-refractivity contribution in [1.29, 1.82) is 5.26 Å². The van der Waals surface area contributed by atoms with E-state index < -0.39 is 17.7 Å². The number of rotatable bonds is 3. The molecule has 2 aromatic carbocycles. The Morgan fingerprint density at radius 3 is 2.36 bits per heavy atom. The minimum absolute atomic E-state index is 0.00578. The Labute approximate surface area is 213 Å². The minimum atomic E-state index is -0.428. The largest absolute Gasteiger partial charge is 0.398 e. The fraction of sp³-hybridized carbons (Fsp3) is 0.536. The van der Waals surface area contributed by atoms with Crippen molar-refractivity contribution in [3.05, 3.63) is 64.7 Å². The molecule has 0 radical (unpaired) electrons. The summed E-state index contributed by atoms with van der Waals surface area (Å²) in [5.41, 5.74) is 8.13. The van der Waals surface area contributed by atoms with Gasteiger partial charge in [0, 0.05) is 49.0 Å². The number of hydrogen-bond donors (Lipinski definition) is 1. The highest BCUT2D eigenvalue weighted by atomic mass is 19.1. The maximum atomic E-state index is 13.7. The summed E-state index contributed by atoms with van der Waals surface area (Å²) in [7, 11) is 0. The van der Waals surface area contributed by atoms with E-state index in [4.69, 9.17) is 20.5 Å². The summed E-state index contributed by atoms with van der Waals surface area (Å²) in [6, 6.07) is 11.7. The predicted molar refractivity (Wildman–Crippen MR) is 137 cm³/mol. The predicted octanol–water partition coefficient (Wildman–Crippen LogP) is 5.06. The third-order valence-electron chi connectivity index (χ3n) is 6.72. The zero-order valence-electron chi connectivity index (χ0n) is 21.9. The third-order valence-corrected chi connectivity index (χ3v) is 6.72. The van der Waals surface area contributed by atoms with E-state index in [-0.39, 0.29) is 11.6 Å². The molecule has 8 heteroatoms. The number of nitrogens with zero attached hydrogens (tertiary/aromatic N) is 3. The van der Waals surface area contributed by atoms with E-state index in [0.29, 0.717) is 36.0 Å². The standard InChI is InChI=1S/C14H19F2NO.C14H19N3O/c1-14(2,3)17-6-7-18-13(9-17)11-8-10(15)4-5-12(11)16;1-10(2)17-5-6-18-14(9-17)11-3-4-13(16)12(7-11)8-15/h4-5,8,13H,6-7,9H2,1-3H3;3-4,7,10,14H,5-6,9,16H2,1-2H3. The van der Waals surface area contributed by atoms with Crippen molar-refractivity contribution in [3.8, 4) is 6.07 Å². The lowest BCUT2D eigenvalue weighted by molar-refractivity contribution is -0.0610. The highest BCUT2D eigenvalue weighted by Crippen LogP contribution is 2.29. The molecule has 2 heterocycles. The number of halogens is 2. The second-order valence-electron chi connectivity index (χ2n) is 10.5. The molecule has 2 aliphatic rings. The van der Waals surface area contributed by atoms with Gasteiger partial charge in [-0.1, -0.05) is 6.07 Å². The molecule has 2 aliphatic heterocycles. The first-order valence-electron chi connectivity index (χ1n) is 12.5. The summed E-state index contributed by atoms with van der Waals surface area (Å²) in [4.78, 5) is 4.61. The molecule has 2 unspecified atom stereocenters. The van der Waals surface area contributed by atoms with Gasteiger partial charge in [-0.25, -0.2) is 8.78 Å². The molecule has 2 atom stereocenters. The first kappa shape index (κ1) is 28.0. The van der Waals surface area contributed by atoms with Gasteiger partial charge >= 0.3 is 0 Å². The minimum Gasteiger partial charge on any atom is -0.398 e. The van der Waals surface area contributed by atoms with Crippen LogP contribution in [-0.4, -0.2) is 60.8 Å². The van der Waals surface area contributed by atoms with Crippen molar-refractivity contribution >= 4 is 5.69 Å². The number of benzene rings is 2. The van der Waals surface area contributed by atoms with Crippen LogP contribution in [0.5, 0.6) is 0 Å². The summed E-state index contributed by atoms with van der Waals surface area (Å²) in [5.74, 6) is -0.833. The van der Waals surface area contributed by atoms with Crippen LogP contribution in [-0.2, 0) is 9.47 Å². The van der Waals surface area contributed by atoms with Gasteiger partial charge in [0.15, 0.2) is 0 Å². The average Bonchev–Trinajstić information content (AvgIpc) is 2.86. The number of nitrogens with two attached hydrogens (primary N) is 1. The van der Waals surface area contributed by atoms with Crippen LogP contribution in [0.3, 0.4) is 0 Å². The third kappa shape index (κ3) is 7.23. The van der Waals surface area contributed by atoms with E-state index in [0.717, 1.165) is 43.9 Å². The molecule has 6 nitrogen and oxygen atoms in total. The lowest BCUT2D eigenvalue weighted by Gasteiger charge is -2.41. The Kier molecular flexibility index (Phi) is 9.42. The van der Waals surface area contributed by atoms with E-state index in [9.17, 15) is 8.78 Å². The Morgan fingerprint density at radius 2 is 1.69 bits per heavy atom. The van der Waals surface area contributed by atoms with Crippen LogP contribution >= 0.6 is 0 Å². The molecule has 0 aliphatic carbocycles. The van der Waals surface area contributed by atoms with Crippen molar-refractivity contribution in [2.75, 3.05) is 45.1 Å². The lowest BCUT2D eigenvalue weighted by Crippen LogP contribution is -2.49. The first-order valence-corrected chi connectivity index (χ1v) is 12.5. The molecule has 196 valence electrons. The lowest BCUT2D eigenvalue weighted by atomic mass is 10.0. The highest BCUT2D eigenvalue weighted by Gasteiger charge is 2.30. The second-order valence-corrected chi connectivity index (χ2v) is 10.5. The Morgan fingerprint density at radius 1 is 1.00 bits per heavy atom. The highest BCUT2D eigenvalue weighted by molar-refractivity contribution is 5.55. The van der Waals surface area contributed by atoms with Crippen LogP contribution in [0.25, 0.3) is 0 Å². The summed E-state index contributed by atoms with van der Waals surface area (Å²) >= 11 is 0. The quantitative estimate of drug-likeness (QED) is 0.594. The van der Waals surface area contributed by atoms with Crippen LogP contribution in [0.2, 0.25) is 0 Å². The molecule has 2 saturated heterocycles. The number of hydrogen-bond acceptors (Lipinski definition) is 6. The number of anilines is 1. The number of nitriles is 1. The van der Waals surface area contributed by atoms with Gasteiger partial charge in [-0.2, -0.15) is 5.26 Å². The van der Waals surface area contributed by atoms with Gasteiger partial charge in [0.05, 0.1) is 31.0 Å². The summed E-state index contributed by atoms with van der Waals surface area (Å²) < 4.78 is 38.3. The summed E-state index contributed by atoms with van der Waals surface area (Å²) in [5, 5.41) is 9.00. The Bertz CT molecular complexity index is 1060. The molecule has 2 N–H and O–H groups in total. The van der Waals surface area contributed by atoms with Crippen molar-refractivity contribution < 1.29 is 18.3 Å². The van der Waals surface area contributed by atoms with Crippen molar-refractivity contribution in [1.82, 2.24) is 9.80 Å². The second kappa shape index (κ2) is 12.1. The van der Waals surface area contributed by atoms with Crippen LogP contribution in [0.1, 0.15) is 63.5 Å². The average molecular weight is 501 g/mol. The van der Waals surface area contributed by atoms with E-state index >= 15 is 0 Å². The molecular weight excluding hydrogens is 462 g/mol. The first-order chi connectivity index (χ1) is 17.0. The van der Waals surface area contributed by atoms with Gasteiger partial charge < -0.3 is 15.2 Å². The zero-order valence-corrected chi connectivity index (χ0v) is 21.9. The van der Waals surface area contributed by atoms with E-state index in [1.165, 1.54) is 6.07 Å². The van der Waals surface area contributed by atoms with E-state index in [1.807, 2.05) is 12.1 Å². The van der Waals surface area contributed by atoms with Gasteiger partial charge in [-0.15, -0.1) is 0 Å². The van der Waals surface area contributed by atoms with Crippen LogP contribution < -0.4 is 5.73 Å². The SMILES string of the molecule is CC(C)(C)N1CCOC(c2cc(F)ccc2F)C1.CC(C)N1CCOC(c2ccc(N)c(C#N)c2)C1. The maximum absolute atomic E-state index is 13.7. The summed E-state index contributed by atoms with van der Waals surface area (Å²) in [6.07, 6.45) is -0.359. The smallest absolute Gasteiger partial charge is 0.129 e. The van der Waals surface area contributed by atoms with Gasteiger partial charge in [0.1, 0.15) is 17.7 Å². The molecule has 2 aromatic rings. The van der Waals surface area contributed by atoms with Crippen LogP contribution in [0.4, 0.5) is 14.5 Å². The zero-order chi connectivity index (χ0) is 26.5. The van der Waals surface area contributed by atoms with Crippen molar-refractivity contribution in [3.63, 3.8) is 0 Å². The fourth-order valence-corrected chi connectivity index (χ4v) is 4.42. The molecular formula is C28H38F2N4O2. The van der Waals surface area contributed by atoms with Gasteiger partial charge in [0.25, 0.3) is 0 Å². The number of nitrogen functional groups attached to an aromatic ring is 1.